The number of hydrogen-bond acceptors (Lipinski definition) is 6. The molecule has 1 fully saturated rings. The van der Waals surface area contributed by atoms with Crippen molar-refractivity contribution in [3.63, 3.8) is 0 Å². The standard InChI is InChI=1S/C22H25N3O3S3/c1-15-5-6-20(16(2)12-15)31(27,28)25-9-7-17(8-10-25)21(26)23-13-18-14-30-22(24-18)19-4-3-11-29-19/h3-6,11-12,14,17H,7-10,13H2,1-2H3,(H,23,26). The number of thiazole rings is 1. The summed E-state index contributed by atoms with van der Waals surface area (Å²) in [6.07, 6.45) is 1.04. The number of carbonyl (C=O) groups excluding carboxylic acids is 1. The second kappa shape index (κ2) is 9.20. The fourth-order valence-corrected chi connectivity index (χ4v) is 7.12. The van der Waals surface area contributed by atoms with Crippen molar-refractivity contribution in [2.75, 3.05) is 13.1 Å². The lowest BCUT2D eigenvalue weighted by Crippen LogP contribution is -2.43. The van der Waals surface area contributed by atoms with Crippen molar-refractivity contribution in [3.05, 3.63) is 57.9 Å². The van der Waals surface area contributed by atoms with Crippen LogP contribution in [0.1, 0.15) is 29.7 Å². The summed E-state index contributed by atoms with van der Waals surface area (Å²) in [5.41, 5.74) is 2.64. The molecule has 2 aromatic heterocycles. The van der Waals surface area contributed by atoms with Crippen molar-refractivity contribution in [1.82, 2.24) is 14.6 Å². The fourth-order valence-electron chi connectivity index (χ4n) is 3.81. The Balaban J connectivity index is 1.31. The first-order valence-electron chi connectivity index (χ1n) is 10.2. The first-order chi connectivity index (χ1) is 14.8. The highest BCUT2D eigenvalue weighted by molar-refractivity contribution is 7.89. The zero-order valence-electron chi connectivity index (χ0n) is 17.5. The van der Waals surface area contributed by atoms with Crippen molar-refractivity contribution >= 4 is 38.6 Å². The zero-order chi connectivity index (χ0) is 22.0. The maximum Gasteiger partial charge on any atom is 0.243 e. The number of nitrogens with one attached hydrogen (secondary N) is 1. The van der Waals surface area contributed by atoms with Crippen molar-refractivity contribution in [2.24, 2.45) is 5.92 Å². The SMILES string of the molecule is Cc1ccc(S(=O)(=O)N2CCC(C(=O)NCc3csc(-c4cccs4)n3)CC2)c(C)c1. The lowest BCUT2D eigenvalue weighted by Gasteiger charge is -2.31. The molecule has 1 aromatic carbocycles. The fraction of sp³-hybridized carbons (Fsp3) is 0.364. The Kier molecular flexibility index (Phi) is 6.57. The van der Waals surface area contributed by atoms with Gasteiger partial charge in [0.1, 0.15) is 5.01 Å². The molecule has 1 saturated heterocycles. The summed E-state index contributed by atoms with van der Waals surface area (Å²) < 4.78 is 27.6. The highest BCUT2D eigenvalue weighted by Crippen LogP contribution is 2.28. The van der Waals surface area contributed by atoms with Gasteiger partial charge >= 0.3 is 0 Å². The van der Waals surface area contributed by atoms with E-state index in [9.17, 15) is 13.2 Å². The van der Waals surface area contributed by atoms with E-state index < -0.39 is 10.0 Å². The minimum atomic E-state index is -3.54. The van der Waals surface area contributed by atoms with Crippen molar-refractivity contribution in [2.45, 2.75) is 38.1 Å². The average Bonchev–Trinajstić information content (AvgIpc) is 3.43. The number of benzene rings is 1. The van der Waals surface area contributed by atoms with Gasteiger partial charge in [-0.1, -0.05) is 23.8 Å². The second-order valence-electron chi connectivity index (χ2n) is 7.79. The molecular weight excluding hydrogens is 450 g/mol. The first kappa shape index (κ1) is 22.1. The highest BCUT2D eigenvalue weighted by atomic mass is 32.2. The molecule has 0 aliphatic carbocycles. The molecule has 0 spiro atoms. The van der Waals surface area contributed by atoms with Crippen LogP contribution in [-0.4, -0.2) is 36.7 Å². The monoisotopic (exact) mass is 475 g/mol. The summed E-state index contributed by atoms with van der Waals surface area (Å²) in [6, 6.07) is 9.41. The van der Waals surface area contributed by atoms with Gasteiger partial charge in [0.25, 0.3) is 0 Å². The topological polar surface area (TPSA) is 79.4 Å². The molecule has 9 heteroatoms. The number of amides is 1. The summed E-state index contributed by atoms with van der Waals surface area (Å²) in [7, 11) is -3.54. The van der Waals surface area contributed by atoms with E-state index in [2.05, 4.69) is 10.3 Å². The molecule has 3 heterocycles. The van der Waals surface area contributed by atoms with E-state index >= 15 is 0 Å². The molecule has 164 valence electrons. The van der Waals surface area contributed by atoms with Crippen molar-refractivity contribution in [1.29, 1.82) is 0 Å². The van der Waals surface area contributed by atoms with Gasteiger partial charge in [-0.15, -0.1) is 22.7 Å². The van der Waals surface area contributed by atoms with E-state index in [1.807, 2.05) is 48.9 Å². The number of hydrogen-bond donors (Lipinski definition) is 1. The van der Waals surface area contributed by atoms with Crippen LogP contribution in [0.4, 0.5) is 0 Å². The zero-order valence-corrected chi connectivity index (χ0v) is 19.9. The molecule has 6 nitrogen and oxygen atoms in total. The maximum absolute atomic E-state index is 13.0. The molecule has 0 radical (unpaired) electrons. The number of carbonyl (C=O) groups is 1. The van der Waals surface area contributed by atoms with Gasteiger partial charge in [-0.3, -0.25) is 4.79 Å². The Morgan fingerprint density at radius 1 is 1.19 bits per heavy atom. The molecule has 3 aromatic rings. The van der Waals surface area contributed by atoms with Gasteiger partial charge < -0.3 is 5.32 Å². The van der Waals surface area contributed by atoms with Crippen molar-refractivity contribution in [3.8, 4) is 9.88 Å². The van der Waals surface area contributed by atoms with Gasteiger partial charge in [0.2, 0.25) is 15.9 Å². The molecule has 1 aliphatic rings. The number of thiophene rings is 1. The number of sulfonamides is 1. The summed E-state index contributed by atoms with van der Waals surface area (Å²) in [4.78, 5) is 18.7. The predicted molar refractivity (Wildman–Crippen MR) is 125 cm³/mol. The Morgan fingerprint density at radius 2 is 1.97 bits per heavy atom. The Labute approximate surface area is 191 Å². The van der Waals surface area contributed by atoms with E-state index in [0.717, 1.165) is 26.7 Å². The lowest BCUT2D eigenvalue weighted by atomic mass is 9.97. The van der Waals surface area contributed by atoms with Crippen LogP contribution in [0.3, 0.4) is 0 Å². The molecule has 4 rings (SSSR count). The van der Waals surface area contributed by atoms with Crippen LogP contribution < -0.4 is 5.32 Å². The smallest absolute Gasteiger partial charge is 0.243 e. The molecule has 0 atom stereocenters. The molecule has 31 heavy (non-hydrogen) atoms. The summed E-state index contributed by atoms with van der Waals surface area (Å²) in [5.74, 6) is -0.213. The molecule has 0 saturated carbocycles. The van der Waals surface area contributed by atoms with Crippen LogP contribution in [0.25, 0.3) is 9.88 Å². The molecule has 0 bridgehead atoms. The van der Waals surface area contributed by atoms with E-state index in [-0.39, 0.29) is 11.8 Å². The summed E-state index contributed by atoms with van der Waals surface area (Å²) >= 11 is 3.22. The summed E-state index contributed by atoms with van der Waals surface area (Å²) in [5, 5.41) is 7.92. The van der Waals surface area contributed by atoms with Gasteiger partial charge in [-0.05, 0) is 49.8 Å². The van der Waals surface area contributed by atoms with Gasteiger partial charge in [-0.25, -0.2) is 13.4 Å². The number of aryl methyl sites for hydroxylation is 2. The van der Waals surface area contributed by atoms with Gasteiger partial charge in [-0.2, -0.15) is 4.31 Å². The molecule has 0 unspecified atom stereocenters. The van der Waals surface area contributed by atoms with Crippen LogP contribution in [0.2, 0.25) is 0 Å². The van der Waals surface area contributed by atoms with Crippen molar-refractivity contribution < 1.29 is 13.2 Å². The number of nitrogens with zero attached hydrogens (tertiary/aromatic N) is 2. The van der Waals surface area contributed by atoms with Gasteiger partial charge in [0.05, 0.1) is 22.0 Å². The summed E-state index contributed by atoms with van der Waals surface area (Å²) in [6.45, 7) is 4.87. The number of rotatable bonds is 6. The van der Waals surface area contributed by atoms with Gasteiger partial charge in [0.15, 0.2) is 0 Å². The second-order valence-corrected chi connectivity index (χ2v) is 11.5. The third kappa shape index (κ3) is 4.90. The van der Waals surface area contributed by atoms with E-state index in [0.29, 0.717) is 37.4 Å². The predicted octanol–water partition coefficient (Wildman–Crippen LogP) is 4.21. The Bertz CT molecular complexity index is 1160. The minimum absolute atomic E-state index is 0.0331. The van der Waals surface area contributed by atoms with E-state index in [1.165, 1.54) is 4.31 Å². The van der Waals surface area contributed by atoms with Crippen LogP contribution in [0.15, 0.2) is 46.0 Å². The van der Waals surface area contributed by atoms with E-state index in [4.69, 9.17) is 0 Å². The van der Waals surface area contributed by atoms with Crippen LogP contribution in [-0.2, 0) is 21.4 Å². The molecule has 1 amide bonds. The Morgan fingerprint density at radius 3 is 2.65 bits per heavy atom. The minimum Gasteiger partial charge on any atom is -0.350 e. The number of aromatic nitrogens is 1. The van der Waals surface area contributed by atoms with E-state index in [1.54, 1.807) is 28.7 Å². The Hall–Kier alpha value is -2.07. The van der Waals surface area contributed by atoms with Gasteiger partial charge in [0, 0.05) is 24.4 Å². The first-order valence-corrected chi connectivity index (χ1v) is 13.4. The van der Waals surface area contributed by atoms with Crippen LogP contribution >= 0.6 is 22.7 Å². The highest BCUT2D eigenvalue weighted by Gasteiger charge is 2.32. The molecule has 1 aliphatic heterocycles. The third-order valence-corrected chi connectivity index (χ3v) is 9.49. The largest absolute Gasteiger partial charge is 0.350 e. The molecular formula is C22H25N3O3S3. The average molecular weight is 476 g/mol. The number of piperidine rings is 1. The van der Waals surface area contributed by atoms with Crippen LogP contribution in [0, 0.1) is 19.8 Å². The molecule has 1 N–H and O–H groups in total. The maximum atomic E-state index is 13.0. The quantitative estimate of drug-likeness (QED) is 0.579. The third-order valence-electron chi connectivity index (χ3n) is 5.50. The van der Waals surface area contributed by atoms with Crippen LogP contribution in [0.5, 0.6) is 0 Å². The normalized spacial score (nSPS) is 15.8. The lowest BCUT2D eigenvalue weighted by molar-refractivity contribution is -0.126.